The van der Waals surface area contributed by atoms with Gasteiger partial charge in [-0.3, -0.25) is 9.79 Å². The van der Waals surface area contributed by atoms with Crippen LogP contribution in [0.1, 0.15) is 82.6 Å². The highest BCUT2D eigenvalue weighted by molar-refractivity contribution is 6.09. The number of carbonyl (C=O) groups is 1. The fourth-order valence-electron chi connectivity index (χ4n) is 5.01. The second-order valence-electron chi connectivity index (χ2n) is 10.6. The van der Waals surface area contributed by atoms with Crippen molar-refractivity contribution < 1.29 is 22.7 Å². The molecular formula is C37H42F3N3O2. The first kappa shape index (κ1) is 35.0. The second kappa shape index (κ2) is 17.7. The van der Waals surface area contributed by atoms with Gasteiger partial charge in [0.1, 0.15) is 18.0 Å². The smallest absolute Gasteiger partial charge is 0.219 e. The first-order chi connectivity index (χ1) is 21.8. The summed E-state index contributed by atoms with van der Waals surface area (Å²) < 4.78 is 47.3. The standard InChI is InChI=1S/C37H42F3N3O2/c1-6-10-11-14-35(44)31-18-16-28(21-26(31)9-4)43-34(13-8-3)37-32(12-7-2)33(24-42-37)30(25(5)39)19-17-29(22-38)45-36-20-15-27(40)23-41-36/h7,12-13,15-24,32,43H,6,8-11,14H2,1-5H3/b12-7-,19-17-,29-22-,30-25-,34-13-. The minimum absolute atomic E-state index is 0.00881. The topological polar surface area (TPSA) is 63.6 Å². The largest absolute Gasteiger partial charge is 0.437 e. The van der Waals surface area contributed by atoms with Gasteiger partial charge in [-0.2, -0.15) is 0 Å². The normalized spacial score (nSPS) is 16.2. The van der Waals surface area contributed by atoms with E-state index in [2.05, 4.69) is 17.2 Å². The lowest BCUT2D eigenvalue weighted by Gasteiger charge is -2.20. The number of carbonyl (C=O) groups excluding carboxylic acids is 1. The van der Waals surface area contributed by atoms with Gasteiger partial charge in [-0.1, -0.05) is 51.8 Å². The Bertz CT molecular complexity index is 1540. The van der Waals surface area contributed by atoms with Crippen molar-refractivity contribution in [1.82, 2.24) is 4.98 Å². The number of nitrogens with one attached hydrogen (secondary N) is 1. The number of ketones is 1. The van der Waals surface area contributed by atoms with Crippen LogP contribution in [0.25, 0.3) is 0 Å². The zero-order valence-electron chi connectivity index (χ0n) is 26.7. The molecule has 0 spiro atoms. The summed E-state index contributed by atoms with van der Waals surface area (Å²) in [5.74, 6) is -1.51. The monoisotopic (exact) mass is 617 g/mol. The van der Waals surface area contributed by atoms with E-state index in [1.54, 1.807) is 6.20 Å². The number of Topliss-reactive ketones (excluding diaryl/α,β-unsaturated/α-hetero) is 1. The first-order valence-corrected chi connectivity index (χ1v) is 15.4. The van der Waals surface area contributed by atoms with E-state index in [1.807, 2.05) is 57.2 Å². The van der Waals surface area contributed by atoms with E-state index in [0.717, 1.165) is 66.9 Å². The molecule has 0 fully saturated rings. The van der Waals surface area contributed by atoms with Crippen LogP contribution in [0.4, 0.5) is 18.9 Å². The molecule has 45 heavy (non-hydrogen) atoms. The van der Waals surface area contributed by atoms with Crippen LogP contribution in [0.5, 0.6) is 5.88 Å². The summed E-state index contributed by atoms with van der Waals surface area (Å²) in [6.07, 6.45) is 16.3. The number of halogens is 3. The molecule has 1 N–H and O–H groups in total. The lowest BCUT2D eigenvalue weighted by atomic mass is 9.88. The van der Waals surface area contributed by atoms with Crippen LogP contribution in [0.3, 0.4) is 0 Å². The minimum atomic E-state index is -0.553. The van der Waals surface area contributed by atoms with Gasteiger partial charge in [0.2, 0.25) is 5.88 Å². The number of hydrogen-bond donors (Lipinski definition) is 1. The number of ether oxygens (including phenoxy) is 1. The van der Waals surface area contributed by atoms with Crippen molar-refractivity contribution in [2.45, 2.75) is 73.1 Å². The number of benzene rings is 1. The summed E-state index contributed by atoms with van der Waals surface area (Å²) in [6, 6.07) is 8.21. The number of rotatable bonds is 16. The van der Waals surface area contributed by atoms with Crippen molar-refractivity contribution >= 4 is 17.2 Å². The first-order valence-electron chi connectivity index (χ1n) is 15.4. The molecule has 1 aliphatic rings. The number of pyridine rings is 1. The molecule has 0 amide bonds. The number of aromatic nitrogens is 1. The molecule has 0 saturated carbocycles. The summed E-state index contributed by atoms with van der Waals surface area (Å²) in [5.41, 5.74) is 4.84. The Morgan fingerprint density at radius 2 is 1.91 bits per heavy atom. The molecule has 1 aliphatic heterocycles. The van der Waals surface area contributed by atoms with Crippen LogP contribution in [0.2, 0.25) is 0 Å². The van der Waals surface area contributed by atoms with Crippen LogP contribution in [0, 0.1) is 11.7 Å². The molecule has 0 aliphatic carbocycles. The molecule has 3 rings (SSSR count). The third-order valence-corrected chi connectivity index (χ3v) is 7.24. The van der Waals surface area contributed by atoms with Gasteiger partial charge in [-0.05, 0) is 80.7 Å². The Labute approximate surface area is 264 Å². The molecule has 0 radical (unpaired) electrons. The molecule has 8 heteroatoms. The third kappa shape index (κ3) is 9.76. The highest BCUT2D eigenvalue weighted by Crippen LogP contribution is 2.34. The summed E-state index contributed by atoms with van der Waals surface area (Å²) >= 11 is 0. The second-order valence-corrected chi connectivity index (χ2v) is 10.6. The van der Waals surface area contributed by atoms with Gasteiger partial charge >= 0.3 is 0 Å². The number of anilines is 1. The lowest BCUT2D eigenvalue weighted by molar-refractivity contribution is 0.0978. The lowest BCUT2D eigenvalue weighted by Crippen LogP contribution is -2.20. The Kier molecular flexibility index (Phi) is 13.8. The Morgan fingerprint density at radius 3 is 2.53 bits per heavy atom. The number of unbranched alkanes of at least 4 members (excludes halogenated alkanes) is 2. The van der Waals surface area contributed by atoms with Crippen molar-refractivity contribution in [1.29, 1.82) is 0 Å². The average molecular weight is 618 g/mol. The quantitative estimate of drug-likeness (QED) is 0.0669. The molecule has 1 atom stereocenters. The Balaban J connectivity index is 1.85. The Hall–Kier alpha value is -4.46. The predicted octanol–water partition coefficient (Wildman–Crippen LogP) is 10.5. The summed E-state index contributed by atoms with van der Waals surface area (Å²) in [7, 11) is 0. The highest BCUT2D eigenvalue weighted by atomic mass is 19.1. The maximum absolute atomic E-state index is 15.0. The molecule has 2 aromatic rings. The summed E-state index contributed by atoms with van der Waals surface area (Å²) in [6.45, 7) is 9.38. The van der Waals surface area contributed by atoms with Crippen LogP contribution in [-0.4, -0.2) is 16.5 Å². The van der Waals surface area contributed by atoms with Crippen LogP contribution in [0.15, 0.2) is 113 Å². The SMILES string of the molecule is C/C=C\C1C(C(/C=C\C(=C\F)Oc2ccc(F)cn2)=C(/C)F)=CN=C1/C(=C/CC)Nc1ccc(C(=O)CCCCC)c(CC)c1. The van der Waals surface area contributed by atoms with E-state index >= 15 is 4.39 Å². The number of aryl methyl sites for hydroxylation is 1. The van der Waals surface area contributed by atoms with E-state index in [0.29, 0.717) is 17.7 Å². The molecule has 1 aromatic carbocycles. The zero-order valence-corrected chi connectivity index (χ0v) is 26.7. The summed E-state index contributed by atoms with van der Waals surface area (Å²) in [4.78, 5) is 21.4. The van der Waals surface area contributed by atoms with Crippen molar-refractivity contribution in [3.05, 3.63) is 125 Å². The molecule has 1 unspecified atom stereocenters. The van der Waals surface area contributed by atoms with Crippen molar-refractivity contribution in [2.24, 2.45) is 10.9 Å². The zero-order chi connectivity index (χ0) is 32.8. The maximum Gasteiger partial charge on any atom is 0.219 e. The molecule has 2 heterocycles. The molecular weight excluding hydrogens is 575 g/mol. The fourth-order valence-corrected chi connectivity index (χ4v) is 5.01. The van der Waals surface area contributed by atoms with Gasteiger partial charge in [0, 0.05) is 41.4 Å². The van der Waals surface area contributed by atoms with Gasteiger partial charge in [-0.15, -0.1) is 0 Å². The van der Waals surface area contributed by atoms with Crippen LogP contribution >= 0.6 is 0 Å². The average Bonchev–Trinajstić information content (AvgIpc) is 3.44. The highest BCUT2D eigenvalue weighted by Gasteiger charge is 2.28. The number of allylic oxidation sites excluding steroid dienone is 9. The van der Waals surface area contributed by atoms with Crippen molar-refractivity contribution in [2.75, 3.05) is 5.32 Å². The predicted molar refractivity (Wildman–Crippen MR) is 177 cm³/mol. The third-order valence-electron chi connectivity index (χ3n) is 7.24. The number of aliphatic imine (C=N–C) groups is 1. The molecule has 238 valence electrons. The Morgan fingerprint density at radius 1 is 1.11 bits per heavy atom. The van der Waals surface area contributed by atoms with Gasteiger partial charge < -0.3 is 10.1 Å². The van der Waals surface area contributed by atoms with Gasteiger partial charge in [-0.25, -0.2) is 18.2 Å². The summed E-state index contributed by atoms with van der Waals surface area (Å²) in [5, 5.41) is 3.49. The molecule has 5 nitrogen and oxygen atoms in total. The van der Waals surface area contributed by atoms with Crippen molar-refractivity contribution in [3.8, 4) is 5.88 Å². The molecule has 0 saturated heterocycles. The van der Waals surface area contributed by atoms with E-state index in [4.69, 9.17) is 9.73 Å². The minimum Gasteiger partial charge on any atom is -0.437 e. The fraction of sp³-hybridized carbons (Fsp3) is 0.324. The van der Waals surface area contributed by atoms with Crippen LogP contribution in [-0.2, 0) is 6.42 Å². The van der Waals surface area contributed by atoms with Gasteiger partial charge in [0.05, 0.1) is 17.6 Å². The van der Waals surface area contributed by atoms with Gasteiger partial charge in [0.25, 0.3) is 0 Å². The van der Waals surface area contributed by atoms with E-state index < -0.39 is 17.6 Å². The van der Waals surface area contributed by atoms with Crippen molar-refractivity contribution in [3.63, 3.8) is 0 Å². The van der Waals surface area contributed by atoms with E-state index in [-0.39, 0.29) is 29.3 Å². The number of nitrogens with zero attached hydrogens (tertiary/aromatic N) is 2. The van der Waals surface area contributed by atoms with E-state index in [9.17, 15) is 13.6 Å². The van der Waals surface area contributed by atoms with Crippen LogP contribution < -0.4 is 10.1 Å². The maximum atomic E-state index is 15.0. The van der Waals surface area contributed by atoms with E-state index in [1.165, 1.54) is 25.1 Å². The number of hydrogen-bond acceptors (Lipinski definition) is 5. The molecule has 1 aromatic heterocycles. The van der Waals surface area contributed by atoms with Gasteiger partial charge in [0.15, 0.2) is 11.5 Å². The molecule has 0 bridgehead atoms.